The van der Waals surface area contributed by atoms with Crippen LogP contribution in [-0.4, -0.2) is 15.8 Å². The average Bonchev–Trinajstić information content (AvgIpc) is 2.80. The number of hydrogen-bond acceptors (Lipinski definition) is 5. The molecule has 1 aromatic carbocycles. The summed E-state index contributed by atoms with van der Waals surface area (Å²) in [6.07, 6.45) is 1.46. The lowest BCUT2D eigenvalue weighted by Crippen LogP contribution is -2.03. The summed E-state index contributed by atoms with van der Waals surface area (Å²) in [5, 5.41) is 16.5. The Morgan fingerprint density at radius 1 is 1.38 bits per heavy atom. The van der Waals surface area contributed by atoms with Crippen molar-refractivity contribution in [2.75, 3.05) is 10.6 Å². The molecule has 0 unspecified atom stereocenters. The number of nitrogens with zero attached hydrogens (tertiary/aromatic N) is 2. The van der Waals surface area contributed by atoms with Crippen LogP contribution in [0.15, 0.2) is 30.5 Å². The van der Waals surface area contributed by atoms with Crippen LogP contribution in [0.25, 0.3) is 0 Å². The Balaban J connectivity index is 1.86. The minimum Gasteiger partial charge on any atom is -0.339 e. The molecule has 1 aromatic heterocycles. The molecule has 0 fully saturated rings. The van der Waals surface area contributed by atoms with Gasteiger partial charge in [0, 0.05) is 17.4 Å². The molecule has 106 valence electrons. The molecule has 0 radical (unpaired) electrons. The van der Waals surface area contributed by atoms with Gasteiger partial charge in [-0.25, -0.2) is 4.98 Å². The summed E-state index contributed by atoms with van der Waals surface area (Å²) in [7, 11) is 0. The van der Waals surface area contributed by atoms with Crippen LogP contribution in [0.3, 0.4) is 0 Å². The van der Waals surface area contributed by atoms with Gasteiger partial charge < -0.3 is 10.6 Å². The Morgan fingerprint density at radius 2 is 2.19 bits per heavy atom. The highest BCUT2D eigenvalue weighted by Gasteiger charge is 2.18. The molecule has 0 atom stereocenters. The zero-order valence-corrected chi connectivity index (χ0v) is 11.3. The van der Waals surface area contributed by atoms with E-state index < -0.39 is 4.92 Å². The summed E-state index contributed by atoms with van der Waals surface area (Å²) in [6.45, 7) is 0. The van der Waals surface area contributed by atoms with Crippen LogP contribution in [0.1, 0.15) is 5.56 Å². The first-order valence-corrected chi connectivity index (χ1v) is 6.40. The first kappa shape index (κ1) is 13.3. The molecule has 0 aliphatic carbocycles. The number of anilines is 3. The van der Waals surface area contributed by atoms with Crippen LogP contribution in [0, 0.1) is 10.1 Å². The fourth-order valence-electron chi connectivity index (χ4n) is 2.06. The molecular weight excluding hydrogens is 296 g/mol. The van der Waals surface area contributed by atoms with E-state index >= 15 is 0 Å². The summed E-state index contributed by atoms with van der Waals surface area (Å²) in [4.78, 5) is 25.3. The van der Waals surface area contributed by atoms with E-state index in [0.717, 1.165) is 17.4 Å². The number of halogens is 1. The van der Waals surface area contributed by atoms with Gasteiger partial charge in [0.1, 0.15) is 12.0 Å². The number of amides is 1. The van der Waals surface area contributed by atoms with E-state index in [4.69, 9.17) is 11.6 Å². The van der Waals surface area contributed by atoms with Crippen molar-refractivity contribution in [3.05, 3.63) is 51.2 Å². The number of pyridine rings is 1. The highest BCUT2D eigenvalue weighted by molar-refractivity contribution is 6.33. The number of aromatic nitrogens is 1. The first-order chi connectivity index (χ1) is 10.0. The number of fused-ring (bicyclic) bond motifs is 1. The van der Waals surface area contributed by atoms with Gasteiger partial charge in [-0.1, -0.05) is 11.6 Å². The van der Waals surface area contributed by atoms with Crippen LogP contribution in [0.2, 0.25) is 5.02 Å². The van der Waals surface area contributed by atoms with Crippen molar-refractivity contribution in [1.82, 2.24) is 4.98 Å². The Kier molecular flexibility index (Phi) is 3.19. The van der Waals surface area contributed by atoms with Crippen molar-refractivity contribution >= 4 is 40.4 Å². The van der Waals surface area contributed by atoms with E-state index in [2.05, 4.69) is 15.6 Å². The van der Waals surface area contributed by atoms with Gasteiger partial charge in [0.05, 0.1) is 16.4 Å². The van der Waals surface area contributed by atoms with E-state index in [1.165, 1.54) is 6.07 Å². The second-order valence-corrected chi connectivity index (χ2v) is 4.91. The van der Waals surface area contributed by atoms with Gasteiger partial charge >= 0.3 is 0 Å². The van der Waals surface area contributed by atoms with Crippen LogP contribution >= 0.6 is 11.6 Å². The Morgan fingerprint density at radius 3 is 2.90 bits per heavy atom. The maximum absolute atomic E-state index is 11.3. The molecule has 7 nitrogen and oxygen atoms in total. The third-order valence-electron chi connectivity index (χ3n) is 3.03. The molecule has 1 aliphatic rings. The fraction of sp³-hybridized carbons (Fsp3) is 0.0769. The minimum atomic E-state index is -0.560. The first-order valence-electron chi connectivity index (χ1n) is 6.02. The van der Waals surface area contributed by atoms with Gasteiger partial charge in [0.15, 0.2) is 0 Å². The molecule has 0 saturated carbocycles. The molecule has 21 heavy (non-hydrogen) atoms. The van der Waals surface area contributed by atoms with Gasteiger partial charge in [-0.05, 0) is 23.8 Å². The number of nitro groups is 1. The standard InChI is InChI=1S/C13H9ClN4O3/c14-10-5-9(18(20)21)6-15-13(10)16-8-1-2-11-7(3-8)4-12(19)17-11/h1-3,5-6H,4H2,(H,15,16)(H,17,19). The number of carbonyl (C=O) groups excluding carboxylic acids is 1. The largest absolute Gasteiger partial charge is 0.339 e. The van der Waals surface area contributed by atoms with Crippen molar-refractivity contribution in [3.63, 3.8) is 0 Å². The van der Waals surface area contributed by atoms with Gasteiger partial charge in [-0.3, -0.25) is 14.9 Å². The van der Waals surface area contributed by atoms with Gasteiger partial charge in [0.2, 0.25) is 5.91 Å². The molecule has 2 aromatic rings. The summed E-state index contributed by atoms with van der Waals surface area (Å²) in [6, 6.07) is 6.59. The molecule has 3 rings (SSSR count). The van der Waals surface area contributed by atoms with Crippen molar-refractivity contribution < 1.29 is 9.72 Å². The lowest BCUT2D eigenvalue weighted by molar-refractivity contribution is -0.385. The van der Waals surface area contributed by atoms with E-state index in [9.17, 15) is 14.9 Å². The summed E-state index contributed by atoms with van der Waals surface area (Å²) < 4.78 is 0. The summed E-state index contributed by atoms with van der Waals surface area (Å²) in [5.74, 6) is 0.271. The molecule has 0 bridgehead atoms. The lowest BCUT2D eigenvalue weighted by Gasteiger charge is -2.08. The van der Waals surface area contributed by atoms with Gasteiger partial charge in [0.25, 0.3) is 5.69 Å². The Hall–Kier alpha value is -2.67. The van der Waals surface area contributed by atoms with Gasteiger partial charge in [-0.2, -0.15) is 0 Å². The Labute approximate surface area is 124 Å². The summed E-state index contributed by atoms with van der Waals surface area (Å²) >= 11 is 5.97. The lowest BCUT2D eigenvalue weighted by atomic mass is 10.1. The van der Waals surface area contributed by atoms with E-state index in [1.807, 2.05) is 6.07 Å². The number of rotatable bonds is 3. The number of benzene rings is 1. The monoisotopic (exact) mass is 304 g/mol. The molecule has 2 heterocycles. The molecule has 1 aliphatic heterocycles. The van der Waals surface area contributed by atoms with E-state index in [0.29, 0.717) is 17.9 Å². The zero-order chi connectivity index (χ0) is 15.0. The highest BCUT2D eigenvalue weighted by Crippen LogP contribution is 2.30. The number of carbonyl (C=O) groups is 1. The molecule has 0 saturated heterocycles. The Bertz CT molecular complexity index is 763. The normalized spacial score (nSPS) is 12.7. The van der Waals surface area contributed by atoms with Crippen molar-refractivity contribution in [2.45, 2.75) is 6.42 Å². The van der Waals surface area contributed by atoms with Crippen LogP contribution in [0.5, 0.6) is 0 Å². The molecule has 2 N–H and O–H groups in total. The van der Waals surface area contributed by atoms with Crippen molar-refractivity contribution in [1.29, 1.82) is 0 Å². The van der Waals surface area contributed by atoms with Crippen LogP contribution in [-0.2, 0) is 11.2 Å². The van der Waals surface area contributed by atoms with Crippen molar-refractivity contribution in [3.8, 4) is 0 Å². The average molecular weight is 305 g/mol. The predicted octanol–water partition coefficient (Wildman–Crippen LogP) is 2.88. The highest BCUT2D eigenvalue weighted by atomic mass is 35.5. The number of nitrogens with one attached hydrogen (secondary N) is 2. The SMILES string of the molecule is O=C1Cc2cc(Nc3ncc([N+](=O)[O-])cc3Cl)ccc2N1. The predicted molar refractivity (Wildman–Crippen MR) is 78.0 cm³/mol. The quantitative estimate of drug-likeness (QED) is 0.671. The zero-order valence-electron chi connectivity index (χ0n) is 10.6. The molecule has 8 heteroatoms. The fourth-order valence-corrected chi connectivity index (χ4v) is 2.27. The van der Waals surface area contributed by atoms with Crippen LogP contribution in [0.4, 0.5) is 22.9 Å². The third kappa shape index (κ3) is 2.63. The van der Waals surface area contributed by atoms with Crippen LogP contribution < -0.4 is 10.6 Å². The van der Waals surface area contributed by atoms with Crippen molar-refractivity contribution in [2.24, 2.45) is 0 Å². The van der Waals surface area contributed by atoms with E-state index in [-0.39, 0.29) is 16.6 Å². The van der Waals surface area contributed by atoms with Gasteiger partial charge in [-0.15, -0.1) is 0 Å². The maximum Gasteiger partial charge on any atom is 0.289 e. The summed E-state index contributed by atoms with van der Waals surface area (Å²) in [5.41, 5.74) is 2.19. The molecule has 0 spiro atoms. The smallest absolute Gasteiger partial charge is 0.289 e. The van der Waals surface area contributed by atoms with E-state index in [1.54, 1.807) is 12.1 Å². The molecule has 1 amide bonds. The topological polar surface area (TPSA) is 97.2 Å². The second-order valence-electron chi connectivity index (χ2n) is 4.50. The maximum atomic E-state index is 11.3. The second kappa shape index (κ2) is 5.02. The minimum absolute atomic E-state index is 0.0476. The third-order valence-corrected chi connectivity index (χ3v) is 3.32. The molecular formula is C13H9ClN4O3. The number of hydrogen-bond donors (Lipinski definition) is 2.